The lowest BCUT2D eigenvalue weighted by molar-refractivity contribution is -0.121. The van der Waals surface area contributed by atoms with Crippen molar-refractivity contribution in [2.24, 2.45) is 0 Å². The van der Waals surface area contributed by atoms with Crippen LogP contribution in [0.3, 0.4) is 0 Å². The molecule has 0 fully saturated rings. The lowest BCUT2D eigenvalue weighted by atomic mass is 10.1. The number of ether oxygens (including phenoxy) is 3. The van der Waals surface area contributed by atoms with Crippen molar-refractivity contribution in [3.8, 4) is 17.2 Å². The van der Waals surface area contributed by atoms with E-state index in [0.29, 0.717) is 49.1 Å². The first-order valence-corrected chi connectivity index (χ1v) is 11.3. The molecule has 2 aromatic carbocycles. The molecule has 0 spiro atoms. The third-order valence-electron chi connectivity index (χ3n) is 4.66. The average Bonchev–Trinajstić information content (AvgIpc) is 3.17. The maximum absolute atomic E-state index is 12.7. The molecule has 1 heterocycles. The normalized spacial score (nSPS) is 14.5. The van der Waals surface area contributed by atoms with Gasteiger partial charge in [0.05, 0.1) is 25.1 Å². The van der Waals surface area contributed by atoms with E-state index in [0.717, 1.165) is 16.0 Å². The summed E-state index contributed by atoms with van der Waals surface area (Å²) in [7, 11) is 0. The summed E-state index contributed by atoms with van der Waals surface area (Å²) in [5.74, 6) is 0.595. The van der Waals surface area contributed by atoms with Gasteiger partial charge in [-0.2, -0.15) is 0 Å². The number of nitrogens with one attached hydrogen (secondary N) is 2. The predicted octanol–water partition coefficient (Wildman–Crippen LogP) is 3.67. The number of carbonyl (C=O) groups excluding carboxylic acids is 2. The number of carbonyl (C=O) groups is 2. The number of aryl methyl sites for hydroxylation is 1. The summed E-state index contributed by atoms with van der Waals surface area (Å²) < 4.78 is 16.9. The monoisotopic (exact) mass is 444 g/mol. The van der Waals surface area contributed by atoms with E-state index >= 15 is 0 Å². The van der Waals surface area contributed by atoms with Crippen molar-refractivity contribution in [2.45, 2.75) is 44.3 Å². The Bertz CT molecular complexity index is 936. The van der Waals surface area contributed by atoms with E-state index in [-0.39, 0.29) is 11.2 Å². The Balaban J connectivity index is 1.69. The molecule has 0 unspecified atom stereocenters. The maximum atomic E-state index is 12.7. The first-order valence-electron chi connectivity index (χ1n) is 10.4. The molecule has 0 saturated heterocycles. The van der Waals surface area contributed by atoms with E-state index in [4.69, 9.17) is 14.2 Å². The van der Waals surface area contributed by atoms with Crippen LogP contribution in [0.4, 0.5) is 0 Å². The molecule has 1 aliphatic rings. The van der Waals surface area contributed by atoms with Crippen molar-refractivity contribution in [3.05, 3.63) is 47.0 Å². The lowest BCUT2D eigenvalue weighted by Gasteiger charge is -2.17. The van der Waals surface area contributed by atoms with E-state index in [9.17, 15) is 9.59 Å². The molecule has 166 valence electrons. The van der Waals surface area contributed by atoms with Gasteiger partial charge >= 0.3 is 0 Å². The minimum absolute atomic E-state index is 0.242. The third kappa shape index (κ3) is 5.44. The van der Waals surface area contributed by atoms with Gasteiger partial charge in [-0.3, -0.25) is 20.4 Å². The second-order valence-electron chi connectivity index (χ2n) is 6.97. The Morgan fingerprint density at radius 1 is 0.968 bits per heavy atom. The Labute approximate surface area is 186 Å². The van der Waals surface area contributed by atoms with E-state index in [1.165, 1.54) is 11.8 Å². The van der Waals surface area contributed by atoms with Crippen LogP contribution in [-0.2, 0) is 11.2 Å². The molecule has 0 bridgehead atoms. The van der Waals surface area contributed by atoms with Gasteiger partial charge in [-0.15, -0.1) is 11.8 Å². The van der Waals surface area contributed by atoms with Crippen LogP contribution in [0, 0.1) is 6.92 Å². The van der Waals surface area contributed by atoms with Crippen molar-refractivity contribution < 1.29 is 23.8 Å². The first-order chi connectivity index (χ1) is 15.0. The van der Waals surface area contributed by atoms with Gasteiger partial charge in [-0.25, -0.2) is 0 Å². The summed E-state index contributed by atoms with van der Waals surface area (Å²) >= 11 is 1.51. The van der Waals surface area contributed by atoms with E-state index < -0.39 is 5.91 Å². The molecule has 1 atom stereocenters. The highest BCUT2D eigenvalue weighted by Gasteiger charge is 2.28. The minimum atomic E-state index is -0.463. The summed E-state index contributed by atoms with van der Waals surface area (Å²) in [6, 6.07) is 9.34. The summed E-state index contributed by atoms with van der Waals surface area (Å²) in [6.45, 7) is 8.84. The Hall–Kier alpha value is -2.87. The lowest BCUT2D eigenvalue weighted by Crippen LogP contribution is -2.45. The number of hydrazine groups is 1. The van der Waals surface area contributed by atoms with E-state index in [1.54, 1.807) is 12.1 Å². The molecule has 0 saturated carbocycles. The fourth-order valence-corrected chi connectivity index (χ4v) is 4.56. The Kier molecular flexibility index (Phi) is 7.68. The van der Waals surface area contributed by atoms with Gasteiger partial charge in [-0.05, 0) is 57.9 Å². The number of hydrogen-bond donors (Lipinski definition) is 2. The second-order valence-corrected chi connectivity index (χ2v) is 8.21. The maximum Gasteiger partial charge on any atom is 0.269 e. The molecule has 3 rings (SSSR count). The Morgan fingerprint density at radius 2 is 1.61 bits per heavy atom. The molecular weight excluding hydrogens is 416 g/mol. The summed E-state index contributed by atoms with van der Waals surface area (Å²) in [4.78, 5) is 26.4. The molecule has 0 aromatic heterocycles. The smallest absolute Gasteiger partial charge is 0.269 e. The largest absolute Gasteiger partial charge is 0.490 e. The predicted molar refractivity (Wildman–Crippen MR) is 120 cm³/mol. The molecule has 8 heteroatoms. The van der Waals surface area contributed by atoms with Crippen LogP contribution in [0.5, 0.6) is 17.2 Å². The summed E-state index contributed by atoms with van der Waals surface area (Å²) in [6.07, 6.45) is 0.633. The van der Waals surface area contributed by atoms with Gasteiger partial charge in [0.2, 0.25) is 5.75 Å². The van der Waals surface area contributed by atoms with Crippen molar-refractivity contribution >= 4 is 23.6 Å². The van der Waals surface area contributed by atoms with Gasteiger partial charge in [0, 0.05) is 10.5 Å². The number of amides is 2. The van der Waals surface area contributed by atoms with E-state index in [1.807, 2.05) is 39.8 Å². The first kappa shape index (κ1) is 22.8. The minimum Gasteiger partial charge on any atom is -0.490 e. The molecule has 31 heavy (non-hydrogen) atoms. The fourth-order valence-electron chi connectivity index (χ4n) is 3.27. The van der Waals surface area contributed by atoms with Crippen molar-refractivity contribution in [1.29, 1.82) is 0 Å². The van der Waals surface area contributed by atoms with Gasteiger partial charge in [0.1, 0.15) is 0 Å². The summed E-state index contributed by atoms with van der Waals surface area (Å²) in [5.41, 5.74) is 7.65. The topological polar surface area (TPSA) is 85.9 Å². The highest BCUT2D eigenvalue weighted by Crippen LogP contribution is 2.39. The molecular formula is C23H28N2O5S. The molecule has 1 aliphatic heterocycles. The fraction of sp³-hybridized carbons (Fsp3) is 0.391. The van der Waals surface area contributed by atoms with E-state index in [2.05, 4.69) is 16.9 Å². The van der Waals surface area contributed by atoms with Gasteiger partial charge < -0.3 is 14.2 Å². The zero-order valence-electron chi connectivity index (χ0n) is 18.2. The molecule has 7 nitrogen and oxygen atoms in total. The molecule has 0 aliphatic carbocycles. The van der Waals surface area contributed by atoms with Crippen molar-refractivity contribution in [2.75, 3.05) is 19.8 Å². The Morgan fingerprint density at radius 3 is 2.23 bits per heavy atom. The highest BCUT2D eigenvalue weighted by molar-refractivity contribution is 8.01. The third-order valence-corrected chi connectivity index (χ3v) is 5.96. The summed E-state index contributed by atoms with van der Waals surface area (Å²) in [5, 5.41) is -0.282. The van der Waals surface area contributed by atoms with Gasteiger partial charge in [0.15, 0.2) is 11.5 Å². The van der Waals surface area contributed by atoms with Crippen LogP contribution in [0.1, 0.15) is 42.3 Å². The van der Waals surface area contributed by atoms with Crippen molar-refractivity contribution in [1.82, 2.24) is 10.9 Å². The average molecular weight is 445 g/mol. The number of thioether (sulfide) groups is 1. The van der Waals surface area contributed by atoms with Crippen molar-refractivity contribution in [3.63, 3.8) is 0 Å². The van der Waals surface area contributed by atoms with Crippen LogP contribution in [0.2, 0.25) is 0 Å². The standard InChI is InChI=1S/C23H28N2O5S/c1-5-28-17-11-16(12-18(29-6-2)21(17)30-7-3)22(26)24-25-23(27)20-13-15-9-8-14(4)10-19(15)31-20/h8-12,20H,5-7,13H2,1-4H3,(H,24,26)(H,25,27)/t20-/m1/s1. The van der Waals surface area contributed by atoms with Gasteiger partial charge in [0.25, 0.3) is 11.8 Å². The van der Waals surface area contributed by atoms with Crippen LogP contribution in [0.25, 0.3) is 0 Å². The second kappa shape index (κ2) is 10.4. The SMILES string of the molecule is CCOc1cc(C(=O)NNC(=O)[C@H]2Cc3ccc(C)cc3S2)cc(OCC)c1OCC. The number of rotatable bonds is 8. The number of fused-ring (bicyclic) bond motifs is 1. The molecule has 2 aromatic rings. The van der Waals surface area contributed by atoms with Crippen LogP contribution in [0.15, 0.2) is 35.2 Å². The van der Waals surface area contributed by atoms with Crippen LogP contribution in [-0.4, -0.2) is 36.9 Å². The molecule has 2 amide bonds. The van der Waals surface area contributed by atoms with Gasteiger partial charge in [-0.1, -0.05) is 17.7 Å². The number of hydrogen-bond acceptors (Lipinski definition) is 6. The highest BCUT2D eigenvalue weighted by atomic mass is 32.2. The van der Waals surface area contributed by atoms with Crippen LogP contribution >= 0.6 is 11.8 Å². The zero-order valence-corrected chi connectivity index (χ0v) is 19.1. The van der Waals surface area contributed by atoms with Crippen LogP contribution < -0.4 is 25.1 Å². The molecule has 2 N–H and O–H groups in total. The zero-order chi connectivity index (χ0) is 22.4. The quantitative estimate of drug-likeness (QED) is 0.605. The molecule has 0 radical (unpaired) electrons. The number of benzene rings is 2.